The summed E-state index contributed by atoms with van der Waals surface area (Å²) in [5.74, 6) is 1.17. The van der Waals surface area contributed by atoms with Gasteiger partial charge in [-0.15, -0.1) is 23.2 Å². The van der Waals surface area contributed by atoms with Gasteiger partial charge in [0.25, 0.3) is 0 Å². The zero-order chi connectivity index (χ0) is 41.0. The fourth-order valence-electron chi connectivity index (χ4n) is 11.9. The molecule has 0 spiro atoms. The molecule has 3 saturated carbocycles. The van der Waals surface area contributed by atoms with E-state index >= 15 is 0 Å². The monoisotopic (exact) mass is 838 g/mol. The first kappa shape index (κ1) is 40.8. The number of hydrogen-bond acceptors (Lipinski definition) is 2. The molecule has 4 aromatic carbocycles. The van der Waals surface area contributed by atoms with Crippen LogP contribution in [0.25, 0.3) is 11.1 Å². The van der Waals surface area contributed by atoms with Gasteiger partial charge in [-0.3, -0.25) is 0 Å². The van der Waals surface area contributed by atoms with Crippen molar-refractivity contribution in [2.75, 3.05) is 9.80 Å². The molecule has 2 nitrogen and oxygen atoms in total. The lowest BCUT2D eigenvalue weighted by Crippen LogP contribution is -2.42. The van der Waals surface area contributed by atoms with Gasteiger partial charge in [-0.2, -0.15) is 0 Å². The van der Waals surface area contributed by atoms with Crippen molar-refractivity contribution in [2.24, 2.45) is 0 Å². The fraction of sp³-hybridized carbons (Fsp3) is 0.407. The average molecular weight is 840 g/mol. The Balaban J connectivity index is 1.32. The third kappa shape index (κ3) is 7.38. The minimum absolute atomic E-state index is 0.384. The Bertz CT molecular complexity index is 2240. The third-order valence-electron chi connectivity index (χ3n) is 14.1. The number of hydrogen-bond donors (Lipinski definition) is 0. The summed E-state index contributed by atoms with van der Waals surface area (Å²) in [4.78, 5) is 4.94. The van der Waals surface area contributed by atoms with Gasteiger partial charge in [-0.1, -0.05) is 136 Å². The molecule has 0 aromatic heterocycles. The summed E-state index contributed by atoms with van der Waals surface area (Å²) in [5, 5.41) is -0.384. The van der Waals surface area contributed by atoms with Crippen LogP contribution in [-0.4, -0.2) is 21.3 Å². The van der Waals surface area contributed by atoms with Crippen molar-refractivity contribution in [1.82, 2.24) is 0 Å². The van der Waals surface area contributed by atoms with E-state index in [1.54, 1.807) is 0 Å². The lowest BCUT2D eigenvalue weighted by molar-refractivity contribution is 0.476. The Hall–Kier alpha value is -3.55. The van der Waals surface area contributed by atoms with Crippen molar-refractivity contribution in [3.8, 4) is 0 Å². The molecular formula is C54H61Cl2N2P. The number of alkyl halides is 2. The smallest absolute Gasteiger partial charge is 0.122 e. The predicted octanol–water partition coefficient (Wildman–Crippen LogP) is 15.9. The number of allylic oxidation sites excluding steroid dienone is 4. The number of benzene rings is 4. The van der Waals surface area contributed by atoms with E-state index in [0.29, 0.717) is 11.3 Å². The lowest BCUT2D eigenvalue weighted by atomic mass is 9.83. The fourth-order valence-corrected chi connectivity index (χ4v) is 18.1. The van der Waals surface area contributed by atoms with Crippen LogP contribution in [0.5, 0.6) is 0 Å². The van der Waals surface area contributed by atoms with Crippen molar-refractivity contribution >= 4 is 53.6 Å². The van der Waals surface area contributed by atoms with Crippen molar-refractivity contribution in [2.45, 2.75) is 140 Å². The molecule has 59 heavy (non-hydrogen) atoms. The molecular weight excluding hydrogens is 778 g/mol. The molecule has 1 aliphatic heterocycles. The van der Waals surface area contributed by atoms with Crippen molar-refractivity contribution in [3.63, 3.8) is 0 Å². The summed E-state index contributed by atoms with van der Waals surface area (Å²) in [6.45, 7) is 13.5. The van der Waals surface area contributed by atoms with E-state index in [1.165, 1.54) is 154 Å². The highest BCUT2D eigenvalue weighted by Crippen LogP contribution is 2.72. The number of nitrogens with zero attached hydrogens (tertiary/aromatic N) is 2. The molecule has 3 fully saturated rings. The standard InChI is InChI=1S/C54H61Cl2N2P/c1-35-30-37(3)51(38(4)31-35)57-28-29-58(52-39(5)32-36(2)33-40(52)6)53(57)46-26-27-54(56,59(42-20-12-8-13-21-42)43-22-14-9-15-23-43)49(50(46)55)48-34-47(41-18-10-7-11-19-41)44-24-16-17-25-45(44)48/h7,10-11,16-19,24-25,28-34,42-43,50H,8-9,12-15,20-23,26-27H2,1-6H3. The zero-order valence-corrected chi connectivity index (χ0v) is 38.5. The van der Waals surface area contributed by atoms with E-state index in [4.69, 9.17) is 23.2 Å². The van der Waals surface area contributed by atoms with Gasteiger partial charge in [0.05, 0.1) is 21.4 Å². The SMILES string of the molecule is Cc1cc(C)c(N2C=CN(c3c(C)cc(C)cc3C)C2=C2CCC(Cl)(P(C3CCCCC3)C3CCCCC3)C(=C3C=C(c4ccccc4)c4ccccc43)C2Cl)c(C)c1. The predicted molar refractivity (Wildman–Crippen MR) is 257 cm³/mol. The topological polar surface area (TPSA) is 6.48 Å². The molecule has 1 heterocycles. The molecule has 4 aliphatic carbocycles. The second kappa shape index (κ2) is 16.7. The molecule has 0 amide bonds. The second-order valence-corrected chi connectivity index (χ2v) is 22.7. The summed E-state index contributed by atoms with van der Waals surface area (Å²) in [6.07, 6.45) is 22.1. The van der Waals surface area contributed by atoms with E-state index in [2.05, 4.69) is 149 Å². The van der Waals surface area contributed by atoms with Crippen molar-refractivity contribution < 1.29 is 0 Å². The summed E-state index contributed by atoms with van der Waals surface area (Å²) < 4.78 is -0.506. The molecule has 306 valence electrons. The Morgan fingerprint density at radius 1 is 0.610 bits per heavy atom. The van der Waals surface area contributed by atoms with Crippen LogP contribution in [-0.2, 0) is 0 Å². The molecule has 0 saturated heterocycles. The van der Waals surface area contributed by atoms with Crippen molar-refractivity contribution in [3.05, 3.63) is 164 Å². The Labute approximate surface area is 365 Å². The minimum Gasteiger partial charge on any atom is -0.301 e. The van der Waals surface area contributed by atoms with Crippen LogP contribution in [0.15, 0.2) is 114 Å². The van der Waals surface area contributed by atoms with Gasteiger partial charge in [0, 0.05) is 12.4 Å². The number of anilines is 2. The molecule has 2 unspecified atom stereocenters. The van der Waals surface area contributed by atoms with Gasteiger partial charge in [-0.25, -0.2) is 0 Å². The highest BCUT2D eigenvalue weighted by Gasteiger charge is 2.54. The van der Waals surface area contributed by atoms with Gasteiger partial charge in [0.15, 0.2) is 0 Å². The molecule has 0 N–H and O–H groups in total. The van der Waals surface area contributed by atoms with Crippen LogP contribution in [0.3, 0.4) is 0 Å². The number of rotatable bonds is 6. The summed E-state index contributed by atoms with van der Waals surface area (Å²) in [5.41, 5.74) is 20.4. The largest absolute Gasteiger partial charge is 0.301 e. The second-order valence-electron chi connectivity index (χ2n) is 18.3. The van der Waals surface area contributed by atoms with Crippen LogP contribution < -0.4 is 9.80 Å². The summed E-state index contributed by atoms with van der Waals surface area (Å²) >= 11 is 17.3. The average Bonchev–Trinajstić information content (AvgIpc) is 3.80. The van der Waals surface area contributed by atoms with Gasteiger partial charge >= 0.3 is 0 Å². The van der Waals surface area contributed by atoms with E-state index in [9.17, 15) is 0 Å². The summed E-state index contributed by atoms with van der Waals surface area (Å²) in [7, 11) is -0.578. The Morgan fingerprint density at radius 2 is 1.08 bits per heavy atom. The van der Waals surface area contributed by atoms with Gasteiger partial charge in [0.1, 0.15) is 5.82 Å². The van der Waals surface area contributed by atoms with Crippen LogP contribution >= 0.6 is 31.1 Å². The third-order valence-corrected chi connectivity index (χ3v) is 19.4. The van der Waals surface area contributed by atoms with Crippen LogP contribution in [0.1, 0.15) is 127 Å². The van der Waals surface area contributed by atoms with Gasteiger partial charge in [-0.05, 0) is 159 Å². The van der Waals surface area contributed by atoms with E-state index in [0.717, 1.165) is 12.8 Å². The minimum atomic E-state index is -0.578. The first-order valence-electron chi connectivity index (χ1n) is 22.4. The Morgan fingerprint density at radius 3 is 1.59 bits per heavy atom. The maximum atomic E-state index is 8.82. The highest BCUT2D eigenvalue weighted by atomic mass is 35.5. The first-order chi connectivity index (χ1) is 28.5. The molecule has 4 aromatic rings. The maximum absolute atomic E-state index is 8.82. The van der Waals surface area contributed by atoms with Crippen LogP contribution in [0, 0.1) is 41.5 Å². The molecule has 5 aliphatic rings. The van der Waals surface area contributed by atoms with E-state index in [-0.39, 0.29) is 5.38 Å². The van der Waals surface area contributed by atoms with Gasteiger partial charge < -0.3 is 9.80 Å². The molecule has 2 atom stereocenters. The van der Waals surface area contributed by atoms with Crippen molar-refractivity contribution in [1.29, 1.82) is 0 Å². The molecule has 5 heteroatoms. The Kier molecular flexibility index (Phi) is 11.6. The zero-order valence-electron chi connectivity index (χ0n) is 36.1. The summed E-state index contributed by atoms with van der Waals surface area (Å²) in [6, 6.07) is 29.3. The maximum Gasteiger partial charge on any atom is 0.122 e. The molecule has 0 radical (unpaired) electrons. The first-order valence-corrected chi connectivity index (χ1v) is 24.7. The lowest BCUT2D eigenvalue weighted by Gasteiger charge is -2.52. The molecule has 9 rings (SSSR count). The van der Waals surface area contributed by atoms with E-state index < -0.39 is 12.5 Å². The normalized spacial score (nSPS) is 24.1. The number of fused-ring (bicyclic) bond motifs is 1. The number of halogens is 2. The highest BCUT2D eigenvalue weighted by molar-refractivity contribution is 7.63. The van der Waals surface area contributed by atoms with E-state index in [1.807, 2.05) is 0 Å². The van der Waals surface area contributed by atoms with Crippen LogP contribution in [0.4, 0.5) is 11.4 Å². The number of aryl methyl sites for hydroxylation is 6. The van der Waals surface area contributed by atoms with Crippen LogP contribution in [0.2, 0.25) is 0 Å². The molecule has 0 bridgehead atoms. The quantitative estimate of drug-likeness (QED) is 0.141. The van der Waals surface area contributed by atoms with Gasteiger partial charge in [0.2, 0.25) is 0 Å².